The van der Waals surface area contributed by atoms with Gasteiger partial charge in [-0.2, -0.15) is 4.37 Å². The maximum atomic E-state index is 9.06. The molecule has 0 saturated carbocycles. The van der Waals surface area contributed by atoms with Gasteiger partial charge in [0.15, 0.2) is 0 Å². The summed E-state index contributed by atoms with van der Waals surface area (Å²) < 4.78 is 4.34. The highest BCUT2D eigenvalue weighted by Crippen LogP contribution is 2.26. The predicted octanol–water partition coefficient (Wildman–Crippen LogP) is 1.48. The van der Waals surface area contributed by atoms with E-state index in [2.05, 4.69) is 28.1 Å². The maximum Gasteiger partial charge on any atom is 0.205 e. The van der Waals surface area contributed by atoms with Crippen molar-refractivity contribution in [2.45, 2.75) is 26.2 Å². The topological polar surface area (TPSA) is 49.2 Å². The molecule has 1 N–H and O–H groups in total. The summed E-state index contributed by atoms with van der Waals surface area (Å²) in [6.07, 6.45) is 1.06. The number of rotatable bonds is 3. The Morgan fingerprint density at radius 3 is 2.93 bits per heavy atom. The van der Waals surface area contributed by atoms with Crippen molar-refractivity contribution in [2.24, 2.45) is 5.92 Å². The Kier molecular flexibility index (Phi) is 3.21. The minimum Gasteiger partial charge on any atom is -0.396 e. The van der Waals surface area contributed by atoms with Gasteiger partial charge in [-0.1, -0.05) is 13.8 Å². The molecule has 0 radical (unpaired) electrons. The predicted molar refractivity (Wildman–Crippen MR) is 61.4 cm³/mol. The average molecular weight is 227 g/mol. The van der Waals surface area contributed by atoms with Crippen LogP contribution in [0, 0.1) is 5.92 Å². The molecular weight excluding hydrogens is 210 g/mol. The largest absolute Gasteiger partial charge is 0.396 e. The summed E-state index contributed by atoms with van der Waals surface area (Å²) in [6.45, 7) is 6.41. The van der Waals surface area contributed by atoms with Crippen molar-refractivity contribution in [1.82, 2.24) is 9.36 Å². The second-order valence-corrected chi connectivity index (χ2v) is 5.10. The van der Waals surface area contributed by atoms with Gasteiger partial charge in [0.05, 0.1) is 0 Å². The lowest BCUT2D eigenvalue weighted by atomic mass is 10.1. The molecule has 1 aromatic heterocycles. The van der Waals surface area contributed by atoms with Gasteiger partial charge in [-0.05, 0) is 6.42 Å². The molecule has 1 unspecified atom stereocenters. The molecule has 15 heavy (non-hydrogen) atoms. The van der Waals surface area contributed by atoms with E-state index in [-0.39, 0.29) is 6.61 Å². The van der Waals surface area contributed by atoms with Crippen LogP contribution >= 0.6 is 11.5 Å². The molecule has 4 nitrogen and oxygen atoms in total. The van der Waals surface area contributed by atoms with Crippen LogP contribution < -0.4 is 4.90 Å². The molecule has 0 bridgehead atoms. The molecule has 84 valence electrons. The van der Waals surface area contributed by atoms with Gasteiger partial charge in [0.25, 0.3) is 0 Å². The Morgan fingerprint density at radius 2 is 2.40 bits per heavy atom. The van der Waals surface area contributed by atoms with Crippen LogP contribution in [0.4, 0.5) is 5.13 Å². The van der Waals surface area contributed by atoms with Crippen molar-refractivity contribution >= 4 is 16.7 Å². The Morgan fingerprint density at radius 1 is 1.60 bits per heavy atom. The number of hydrogen-bond acceptors (Lipinski definition) is 5. The first-order valence-corrected chi connectivity index (χ1v) is 6.17. The van der Waals surface area contributed by atoms with Gasteiger partial charge < -0.3 is 10.0 Å². The van der Waals surface area contributed by atoms with Crippen molar-refractivity contribution < 1.29 is 5.11 Å². The van der Waals surface area contributed by atoms with E-state index in [0.717, 1.165) is 30.5 Å². The lowest BCUT2D eigenvalue weighted by Crippen LogP contribution is -2.20. The summed E-state index contributed by atoms with van der Waals surface area (Å²) >= 11 is 1.47. The van der Waals surface area contributed by atoms with E-state index in [1.54, 1.807) is 0 Å². The standard InChI is InChI=1S/C10H17N3OS/c1-7(2)9-11-10(15-12-9)13-4-3-8(5-13)6-14/h7-8,14H,3-6H2,1-2H3. The smallest absolute Gasteiger partial charge is 0.205 e. The van der Waals surface area contributed by atoms with E-state index in [9.17, 15) is 0 Å². The van der Waals surface area contributed by atoms with E-state index in [1.807, 2.05) is 0 Å². The molecule has 1 aliphatic heterocycles. The molecule has 0 spiro atoms. The van der Waals surface area contributed by atoms with Crippen LogP contribution in [0.2, 0.25) is 0 Å². The van der Waals surface area contributed by atoms with Crippen LogP contribution in [0.5, 0.6) is 0 Å². The van der Waals surface area contributed by atoms with E-state index >= 15 is 0 Å². The third-order valence-corrected chi connectivity index (χ3v) is 3.55. The number of anilines is 1. The Bertz CT molecular complexity index is 326. The molecule has 5 heteroatoms. The molecule has 1 fully saturated rings. The highest BCUT2D eigenvalue weighted by molar-refractivity contribution is 7.09. The Hall–Kier alpha value is -0.680. The molecule has 1 aliphatic rings. The van der Waals surface area contributed by atoms with Gasteiger partial charge in [0, 0.05) is 43.1 Å². The zero-order valence-corrected chi connectivity index (χ0v) is 10.00. The first kappa shape index (κ1) is 10.8. The highest BCUT2D eigenvalue weighted by atomic mass is 32.1. The molecule has 0 aliphatic carbocycles. The summed E-state index contributed by atoms with van der Waals surface area (Å²) in [4.78, 5) is 6.74. The third-order valence-electron chi connectivity index (χ3n) is 2.76. The second-order valence-electron chi connectivity index (χ2n) is 4.37. The van der Waals surface area contributed by atoms with Gasteiger partial charge >= 0.3 is 0 Å². The van der Waals surface area contributed by atoms with Crippen molar-refractivity contribution in [3.05, 3.63) is 5.82 Å². The number of hydrogen-bond donors (Lipinski definition) is 1. The average Bonchev–Trinajstić information content (AvgIpc) is 2.86. The molecule has 1 saturated heterocycles. The fraction of sp³-hybridized carbons (Fsp3) is 0.800. The van der Waals surface area contributed by atoms with Crippen molar-refractivity contribution in [3.63, 3.8) is 0 Å². The van der Waals surface area contributed by atoms with Crippen LogP contribution in [-0.4, -0.2) is 34.2 Å². The minimum absolute atomic E-state index is 0.284. The second kappa shape index (κ2) is 4.45. The van der Waals surface area contributed by atoms with Gasteiger partial charge in [-0.15, -0.1) is 0 Å². The molecule has 0 aromatic carbocycles. The third kappa shape index (κ3) is 2.29. The lowest BCUT2D eigenvalue weighted by Gasteiger charge is -2.13. The normalized spacial score (nSPS) is 21.6. The first-order valence-electron chi connectivity index (χ1n) is 5.40. The number of aliphatic hydroxyl groups excluding tert-OH is 1. The fourth-order valence-corrected chi connectivity index (χ4v) is 2.59. The van der Waals surface area contributed by atoms with Gasteiger partial charge in [-0.3, -0.25) is 0 Å². The van der Waals surface area contributed by atoms with Crippen molar-refractivity contribution in [1.29, 1.82) is 0 Å². The number of nitrogens with zero attached hydrogens (tertiary/aromatic N) is 3. The molecule has 2 heterocycles. The van der Waals surface area contributed by atoms with Crippen molar-refractivity contribution in [2.75, 3.05) is 24.6 Å². The number of aliphatic hydroxyl groups is 1. The molecule has 1 aromatic rings. The molecular formula is C10H17N3OS. The molecule has 1 atom stereocenters. The monoisotopic (exact) mass is 227 g/mol. The van der Waals surface area contributed by atoms with Crippen LogP contribution in [0.25, 0.3) is 0 Å². The maximum absolute atomic E-state index is 9.06. The summed E-state index contributed by atoms with van der Waals surface area (Å²) in [5, 5.41) is 10.1. The first-order chi connectivity index (χ1) is 7.20. The van der Waals surface area contributed by atoms with Crippen LogP contribution in [0.3, 0.4) is 0 Å². The quantitative estimate of drug-likeness (QED) is 0.849. The van der Waals surface area contributed by atoms with Gasteiger partial charge in [0.1, 0.15) is 5.82 Å². The Labute approximate surface area is 94.1 Å². The summed E-state index contributed by atoms with van der Waals surface area (Å²) in [5.74, 6) is 1.74. The minimum atomic E-state index is 0.284. The van der Waals surface area contributed by atoms with E-state index in [4.69, 9.17) is 5.11 Å². The molecule has 2 rings (SSSR count). The highest BCUT2D eigenvalue weighted by Gasteiger charge is 2.24. The van der Waals surface area contributed by atoms with E-state index < -0.39 is 0 Å². The summed E-state index contributed by atoms with van der Waals surface area (Å²) in [7, 11) is 0. The van der Waals surface area contributed by atoms with Crippen molar-refractivity contribution in [3.8, 4) is 0 Å². The van der Waals surface area contributed by atoms with E-state index in [0.29, 0.717) is 11.8 Å². The zero-order valence-electron chi connectivity index (χ0n) is 9.18. The van der Waals surface area contributed by atoms with Crippen LogP contribution in [0.1, 0.15) is 32.0 Å². The van der Waals surface area contributed by atoms with E-state index in [1.165, 1.54) is 11.5 Å². The fourth-order valence-electron chi connectivity index (χ4n) is 1.74. The van der Waals surface area contributed by atoms with Gasteiger partial charge in [-0.25, -0.2) is 4.98 Å². The Balaban J connectivity index is 2.04. The van der Waals surface area contributed by atoms with Crippen LogP contribution in [-0.2, 0) is 0 Å². The zero-order chi connectivity index (χ0) is 10.8. The summed E-state index contributed by atoms with van der Waals surface area (Å²) in [5.41, 5.74) is 0. The van der Waals surface area contributed by atoms with Crippen LogP contribution in [0.15, 0.2) is 0 Å². The molecule has 0 amide bonds. The summed E-state index contributed by atoms with van der Waals surface area (Å²) in [6, 6.07) is 0. The lowest BCUT2D eigenvalue weighted by molar-refractivity contribution is 0.238. The van der Waals surface area contributed by atoms with Gasteiger partial charge in [0.2, 0.25) is 5.13 Å². The SMILES string of the molecule is CC(C)c1nsc(N2CCC(CO)C2)n1. The number of aromatic nitrogens is 2.